The highest BCUT2D eigenvalue weighted by Crippen LogP contribution is 2.42. The van der Waals surface area contributed by atoms with Gasteiger partial charge in [0, 0.05) is 22.2 Å². The summed E-state index contributed by atoms with van der Waals surface area (Å²) in [5.41, 5.74) is 6.24. The number of hydrogen-bond donors (Lipinski definition) is 2. The lowest BCUT2D eigenvalue weighted by atomic mass is 9.82. The number of carbonyl (C=O) groups is 2. The van der Waals surface area contributed by atoms with Crippen LogP contribution >= 0.6 is 11.6 Å². The number of halogens is 1. The molecule has 0 bridgehead atoms. The van der Waals surface area contributed by atoms with Crippen LogP contribution in [0.15, 0.2) is 89.8 Å². The van der Waals surface area contributed by atoms with Crippen LogP contribution in [0.5, 0.6) is 11.5 Å². The SMILES string of the molecule is Nc1c(Oc2ccccc2)cc(NS(=O)(=O)c2ccc(Cl)cc2)c2c1C(=O)c1ccccc1C2=O. The van der Waals surface area contributed by atoms with Gasteiger partial charge in [-0.05, 0) is 36.4 Å². The van der Waals surface area contributed by atoms with Gasteiger partial charge >= 0.3 is 0 Å². The molecule has 0 saturated carbocycles. The van der Waals surface area contributed by atoms with Crippen molar-refractivity contribution in [1.29, 1.82) is 0 Å². The summed E-state index contributed by atoms with van der Waals surface area (Å²) < 4.78 is 34.6. The predicted octanol–water partition coefficient (Wildman–Crippen LogP) is 5.29. The molecule has 0 radical (unpaired) electrons. The Morgan fingerprint density at radius 3 is 1.97 bits per heavy atom. The summed E-state index contributed by atoms with van der Waals surface area (Å²) in [6, 6.07) is 21.8. The van der Waals surface area contributed by atoms with Crippen molar-refractivity contribution < 1.29 is 22.7 Å². The minimum atomic E-state index is -4.15. The predicted molar refractivity (Wildman–Crippen MR) is 133 cm³/mol. The first-order valence-electron chi connectivity index (χ1n) is 10.4. The smallest absolute Gasteiger partial charge is 0.261 e. The second-order valence-electron chi connectivity index (χ2n) is 7.76. The van der Waals surface area contributed by atoms with Crippen molar-refractivity contribution in [3.8, 4) is 11.5 Å². The molecule has 3 N–H and O–H groups in total. The minimum absolute atomic E-state index is 0.0317. The molecule has 0 atom stereocenters. The van der Waals surface area contributed by atoms with E-state index in [-0.39, 0.29) is 44.3 Å². The molecule has 35 heavy (non-hydrogen) atoms. The van der Waals surface area contributed by atoms with Crippen LogP contribution in [0.25, 0.3) is 0 Å². The van der Waals surface area contributed by atoms with E-state index in [0.29, 0.717) is 10.8 Å². The molecule has 9 heteroatoms. The number of benzene rings is 4. The van der Waals surface area contributed by atoms with Crippen LogP contribution in [0, 0.1) is 0 Å². The van der Waals surface area contributed by atoms with Gasteiger partial charge in [0.15, 0.2) is 17.3 Å². The summed E-state index contributed by atoms with van der Waals surface area (Å²) in [7, 11) is -4.15. The summed E-state index contributed by atoms with van der Waals surface area (Å²) in [6.07, 6.45) is 0. The minimum Gasteiger partial charge on any atom is -0.455 e. The molecular weight excluding hydrogens is 488 g/mol. The van der Waals surface area contributed by atoms with E-state index < -0.39 is 21.6 Å². The Kier molecular flexibility index (Phi) is 5.55. The molecule has 5 rings (SSSR count). The quantitative estimate of drug-likeness (QED) is 0.314. The molecule has 174 valence electrons. The van der Waals surface area contributed by atoms with Crippen molar-refractivity contribution >= 4 is 44.6 Å². The summed E-state index contributed by atoms with van der Waals surface area (Å²) in [5.74, 6) is -0.579. The number of hydrogen-bond acceptors (Lipinski definition) is 6. The molecule has 0 fully saturated rings. The zero-order valence-electron chi connectivity index (χ0n) is 18.0. The van der Waals surface area contributed by atoms with Gasteiger partial charge in [-0.2, -0.15) is 0 Å². The first kappa shape index (κ1) is 22.6. The van der Waals surface area contributed by atoms with Gasteiger partial charge in [0.1, 0.15) is 5.75 Å². The fourth-order valence-electron chi connectivity index (χ4n) is 3.89. The Bertz CT molecular complexity index is 1600. The van der Waals surface area contributed by atoms with Gasteiger partial charge in [-0.1, -0.05) is 54.1 Å². The number of fused-ring (bicyclic) bond motifs is 2. The van der Waals surface area contributed by atoms with Crippen molar-refractivity contribution in [2.75, 3.05) is 10.5 Å². The fourth-order valence-corrected chi connectivity index (χ4v) is 5.08. The van der Waals surface area contributed by atoms with Crippen LogP contribution in [0.1, 0.15) is 31.8 Å². The molecular formula is C26H17ClN2O5S. The maximum absolute atomic E-state index is 13.5. The lowest BCUT2D eigenvalue weighted by Crippen LogP contribution is -2.25. The van der Waals surface area contributed by atoms with Gasteiger partial charge < -0.3 is 10.5 Å². The maximum atomic E-state index is 13.5. The van der Waals surface area contributed by atoms with Gasteiger partial charge in [0.05, 0.1) is 27.4 Å². The highest BCUT2D eigenvalue weighted by Gasteiger charge is 2.36. The first-order valence-corrected chi connectivity index (χ1v) is 12.3. The average molecular weight is 505 g/mol. The molecule has 0 heterocycles. The molecule has 1 aliphatic carbocycles. The third kappa shape index (κ3) is 4.03. The van der Waals surface area contributed by atoms with Crippen LogP contribution in [0.4, 0.5) is 11.4 Å². The second-order valence-corrected chi connectivity index (χ2v) is 9.88. The zero-order valence-corrected chi connectivity index (χ0v) is 19.6. The van der Waals surface area contributed by atoms with Crippen LogP contribution in [-0.2, 0) is 10.0 Å². The van der Waals surface area contributed by atoms with E-state index >= 15 is 0 Å². The topological polar surface area (TPSA) is 116 Å². The normalized spacial score (nSPS) is 12.6. The third-order valence-corrected chi connectivity index (χ3v) is 7.17. The molecule has 0 aromatic heterocycles. The van der Waals surface area contributed by atoms with Crippen LogP contribution in [0.2, 0.25) is 5.02 Å². The van der Waals surface area contributed by atoms with Crippen molar-refractivity contribution in [1.82, 2.24) is 0 Å². The Morgan fingerprint density at radius 2 is 1.34 bits per heavy atom. The fraction of sp³-hybridized carbons (Fsp3) is 0. The van der Waals surface area contributed by atoms with E-state index in [1.54, 1.807) is 42.5 Å². The summed E-state index contributed by atoms with van der Waals surface area (Å²) in [6.45, 7) is 0. The number of rotatable bonds is 5. The molecule has 4 aromatic carbocycles. The molecule has 1 aliphatic rings. The molecule has 0 unspecified atom stereocenters. The number of anilines is 2. The van der Waals surface area contributed by atoms with Gasteiger partial charge in [-0.3, -0.25) is 14.3 Å². The largest absolute Gasteiger partial charge is 0.455 e. The van der Waals surface area contributed by atoms with E-state index in [1.807, 2.05) is 0 Å². The van der Waals surface area contributed by atoms with Crippen LogP contribution in [-0.4, -0.2) is 20.0 Å². The zero-order chi connectivity index (χ0) is 24.7. The van der Waals surface area contributed by atoms with Crippen molar-refractivity contribution in [3.63, 3.8) is 0 Å². The number of para-hydroxylation sites is 1. The van der Waals surface area contributed by atoms with Crippen LogP contribution in [0.3, 0.4) is 0 Å². The maximum Gasteiger partial charge on any atom is 0.261 e. The number of nitrogens with two attached hydrogens (primary N) is 1. The Labute approximate surface area is 206 Å². The summed E-state index contributed by atoms with van der Waals surface area (Å²) in [5, 5.41) is 0.366. The van der Waals surface area contributed by atoms with E-state index in [4.69, 9.17) is 22.1 Å². The van der Waals surface area contributed by atoms with E-state index in [0.717, 1.165) is 0 Å². The Morgan fingerprint density at radius 1 is 0.771 bits per heavy atom. The number of ketones is 2. The molecule has 4 aromatic rings. The number of carbonyl (C=O) groups excluding carboxylic acids is 2. The van der Waals surface area contributed by atoms with Crippen molar-refractivity contribution in [2.24, 2.45) is 0 Å². The van der Waals surface area contributed by atoms with Gasteiger partial charge in [-0.15, -0.1) is 0 Å². The lowest BCUT2D eigenvalue weighted by Gasteiger charge is -2.24. The highest BCUT2D eigenvalue weighted by molar-refractivity contribution is 7.92. The van der Waals surface area contributed by atoms with E-state index in [2.05, 4.69) is 4.72 Å². The molecule has 0 spiro atoms. The Hall–Kier alpha value is -4.14. The van der Waals surface area contributed by atoms with Gasteiger partial charge in [-0.25, -0.2) is 8.42 Å². The summed E-state index contributed by atoms with van der Waals surface area (Å²) >= 11 is 5.89. The molecule has 0 saturated heterocycles. The number of nitrogens with one attached hydrogen (secondary N) is 1. The molecule has 0 aliphatic heterocycles. The molecule has 7 nitrogen and oxygen atoms in total. The van der Waals surface area contributed by atoms with E-state index in [9.17, 15) is 18.0 Å². The lowest BCUT2D eigenvalue weighted by molar-refractivity contribution is 0.0980. The first-order chi connectivity index (χ1) is 16.8. The summed E-state index contributed by atoms with van der Waals surface area (Å²) in [4.78, 5) is 26.8. The standard InChI is InChI=1S/C26H17ClN2O5S/c27-15-10-12-17(13-11-15)35(32,33)29-20-14-21(34-16-6-2-1-3-7-16)24(28)23-22(20)25(30)18-8-4-5-9-19(18)26(23)31/h1-14,29H,28H2. The highest BCUT2D eigenvalue weighted by atomic mass is 35.5. The number of nitrogen functional groups attached to an aromatic ring is 1. The van der Waals surface area contributed by atoms with E-state index in [1.165, 1.54) is 42.5 Å². The number of ether oxygens (including phenoxy) is 1. The monoisotopic (exact) mass is 504 g/mol. The van der Waals surface area contributed by atoms with Gasteiger partial charge in [0.2, 0.25) is 0 Å². The third-order valence-electron chi connectivity index (χ3n) is 5.54. The van der Waals surface area contributed by atoms with Gasteiger partial charge in [0.25, 0.3) is 10.0 Å². The van der Waals surface area contributed by atoms with Crippen molar-refractivity contribution in [2.45, 2.75) is 4.90 Å². The Balaban J connectivity index is 1.71. The molecule has 0 amide bonds. The average Bonchev–Trinajstić information content (AvgIpc) is 2.85. The second kappa shape index (κ2) is 8.57. The van der Waals surface area contributed by atoms with Crippen LogP contribution < -0.4 is 15.2 Å². The number of sulfonamides is 1. The van der Waals surface area contributed by atoms with Crippen molar-refractivity contribution in [3.05, 3.63) is 112 Å².